The van der Waals surface area contributed by atoms with Crippen LogP contribution >= 0.6 is 11.6 Å². The van der Waals surface area contributed by atoms with Crippen LogP contribution in [-0.4, -0.2) is 35.3 Å². The van der Waals surface area contributed by atoms with E-state index in [4.69, 9.17) is 26.2 Å². The van der Waals surface area contributed by atoms with Gasteiger partial charge in [-0.2, -0.15) is 8.78 Å². The van der Waals surface area contributed by atoms with Crippen molar-refractivity contribution in [1.82, 2.24) is 0 Å². The Kier molecular flexibility index (Phi) is 3.51. The Morgan fingerprint density at radius 1 is 1.37 bits per heavy atom. The van der Waals surface area contributed by atoms with Crippen LogP contribution in [-0.2, 0) is 4.79 Å². The van der Waals surface area contributed by atoms with Gasteiger partial charge in [-0.25, -0.2) is 4.79 Å². The van der Waals surface area contributed by atoms with Crippen LogP contribution in [0.2, 0.25) is 5.02 Å². The average Bonchev–Trinajstić information content (AvgIpc) is 2.37. The fourth-order valence-corrected chi connectivity index (χ4v) is 1.89. The summed E-state index contributed by atoms with van der Waals surface area (Å²) >= 11 is 5.81. The molecule has 0 fully saturated rings. The number of fused-ring (bicyclic) bond motifs is 1. The number of hydrogen-bond acceptors (Lipinski definition) is 4. The number of aliphatic hydroxyl groups excluding tert-OH is 1. The van der Waals surface area contributed by atoms with Crippen LogP contribution in [0, 0.1) is 0 Å². The van der Waals surface area contributed by atoms with Crippen LogP contribution in [0.15, 0.2) is 12.1 Å². The molecular formula is C11H9ClF2O5. The van der Waals surface area contributed by atoms with Gasteiger partial charge in [0.15, 0.2) is 17.6 Å². The van der Waals surface area contributed by atoms with E-state index in [9.17, 15) is 18.7 Å². The van der Waals surface area contributed by atoms with Gasteiger partial charge in [-0.15, -0.1) is 0 Å². The number of carbonyl (C=O) groups is 1. The smallest absolute Gasteiger partial charge is 0.377 e. The number of alkyl halides is 2. The lowest BCUT2D eigenvalue weighted by atomic mass is 10.0. The summed E-state index contributed by atoms with van der Waals surface area (Å²) in [6, 6.07) is 2.11. The lowest BCUT2D eigenvalue weighted by Crippen LogP contribution is -2.35. The van der Waals surface area contributed by atoms with E-state index in [1.54, 1.807) is 0 Å². The minimum absolute atomic E-state index is 0.0348. The molecule has 0 amide bonds. The molecule has 104 valence electrons. The number of carboxylic acids is 1. The second-order valence-electron chi connectivity index (χ2n) is 3.86. The Hall–Kier alpha value is -1.60. The summed E-state index contributed by atoms with van der Waals surface area (Å²) in [4.78, 5) is 10.4. The standard InChI is InChI=1S/C11H9ClF2O5/c12-6-3-5(9(15)11(13,14)10(16)17)4-7-8(6)19-2-1-18-7/h3-4,9,15H,1-2H2,(H,16,17). The van der Waals surface area contributed by atoms with Gasteiger partial charge in [-0.05, 0) is 17.7 Å². The van der Waals surface area contributed by atoms with Crippen molar-refractivity contribution >= 4 is 17.6 Å². The Bertz CT molecular complexity index is 520. The van der Waals surface area contributed by atoms with Crippen molar-refractivity contribution in [3.8, 4) is 11.5 Å². The number of benzene rings is 1. The van der Waals surface area contributed by atoms with E-state index >= 15 is 0 Å². The lowest BCUT2D eigenvalue weighted by Gasteiger charge is -2.23. The second kappa shape index (κ2) is 4.82. The monoisotopic (exact) mass is 294 g/mol. The first kappa shape index (κ1) is 13.8. The van der Waals surface area contributed by atoms with Gasteiger partial charge >= 0.3 is 11.9 Å². The van der Waals surface area contributed by atoms with Crippen molar-refractivity contribution in [3.63, 3.8) is 0 Å². The quantitative estimate of drug-likeness (QED) is 0.890. The Labute approximate surface area is 111 Å². The molecule has 1 aliphatic heterocycles. The van der Waals surface area contributed by atoms with Gasteiger partial charge in [0.1, 0.15) is 13.2 Å². The summed E-state index contributed by atoms with van der Waals surface area (Å²) in [6.45, 7) is 0.470. The molecule has 1 aliphatic rings. The topological polar surface area (TPSA) is 76.0 Å². The van der Waals surface area contributed by atoms with E-state index in [0.717, 1.165) is 12.1 Å². The first-order chi connectivity index (χ1) is 8.84. The molecule has 8 heteroatoms. The summed E-state index contributed by atoms with van der Waals surface area (Å²) in [6.07, 6.45) is -2.53. The maximum atomic E-state index is 13.2. The predicted octanol–water partition coefficient (Wildman–Crippen LogP) is 1.86. The van der Waals surface area contributed by atoms with E-state index in [1.165, 1.54) is 0 Å². The summed E-state index contributed by atoms with van der Waals surface area (Å²) in [5.74, 6) is -6.48. The van der Waals surface area contributed by atoms with Crippen molar-refractivity contribution in [2.24, 2.45) is 0 Å². The maximum Gasteiger partial charge on any atom is 0.377 e. The molecule has 0 spiro atoms. The van der Waals surface area contributed by atoms with Crippen LogP contribution in [0.3, 0.4) is 0 Å². The zero-order valence-corrected chi connectivity index (χ0v) is 10.2. The largest absolute Gasteiger partial charge is 0.486 e. The molecule has 1 unspecified atom stereocenters. The highest BCUT2D eigenvalue weighted by Crippen LogP contribution is 2.42. The summed E-state index contributed by atoms with van der Waals surface area (Å²) < 4.78 is 36.8. The molecule has 1 heterocycles. The minimum Gasteiger partial charge on any atom is -0.486 e. The van der Waals surface area contributed by atoms with Crippen molar-refractivity contribution < 1.29 is 33.3 Å². The molecule has 1 atom stereocenters. The first-order valence-corrected chi connectivity index (χ1v) is 5.60. The van der Waals surface area contributed by atoms with Crippen LogP contribution < -0.4 is 9.47 Å². The van der Waals surface area contributed by atoms with Gasteiger partial charge in [0.25, 0.3) is 0 Å². The Balaban J connectivity index is 2.41. The van der Waals surface area contributed by atoms with Gasteiger partial charge in [-0.3, -0.25) is 0 Å². The number of aliphatic hydroxyl groups is 1. The molecule has 19 heavy (non-hydrogen) atoms. The highest BCUT2D eigenvalue weighted by Gasteiger charge is 2.48. The van der Waals surface area contributed by atoms with Crippen molar-refractivity contribution in [1.29, 1.82) is 0 Å². The van der Waals surface area contributed by atoms with E-state index in [1.807, 2.05) is 0 Å². The molecule has 1 aromatic carbocycles. The lowest BCUT2D eigenvalue weighted by molar-refractivity contribution is -0.182. The molecule has 0 radical (unpaired) electrons. The molecule has 1 aromatic rings. The zero-order valence-electron chi connectivity index (χ0n) is 9.40. The van der Waals surface area contributed by atoms with Gasteiger partial charge in [0.05, 0.1) is 5.02 Å². The third-order valence-corrected chi connectivity index (χ3v) is 2.84. The average molecular weight is 295 g/mol. The Morgan fingerprint density at radius 3 is 2.63 bits per heavy atom. The maximum absolute atomic E-state index is 13.2. The third-order valence-electron chi connectivity index (χ3n) is 2.56. The highest BCUT2D eigenvalue weighted by molar-refractivity contribution is 6.32. The summed E-state index contributed by atoms with van der Waals surface area (Å²) in [7, 11) is 0. The zero-order chi connectivity index (χ0) is 14.2. The van der Waals surface area contributed by atoms with Gasteiger partial charge < -0.3 is 19.7 Å². The first-order valence-electron chi connectivity index (χ1n) is 5.22. The summed E-state index contributed by atoms with van der Waals surface area (Å²) in [5.41, 5.74) is -0.360. The Morgan fingerprint density at radius 2 is 2.00 bits per heavy atom. The molecule has 0 aliphatic carbocycles. The van der Waals surface area contributed by atoms with E-state index in [2.05, 4.69) is 0 Å². The van der Waals surface area contributed by atoms with Crippen LogP contribution in [0.5, 0.6) is 11.5 Å². The number of ether oxygens (including phenoxy) is 2. The van der Waals surface area contributed by atoms with Crippen LogP contribution in [0.4, 0.5) is 8.78 Å². The summed E-state index contributed by atoms with van der Waals surface area (Å²) in [5, 5.41) is 17.8. The fourth-order valence-electron chi connectivity index (χ4n) is 1.61. The van der Waals surface area contributed by atoms with Crippen LogP contribution in [0.25, 0.3) is 0 Å². The third kappa shape index (κ3) is 2.43. The fraction of sp³-hybridized carbons (Fsp3) is 0.364. The van der Waals surface area contributed by atoms with E-state index in [0.29, 0.717) is 0 Å². The van der Waals surface area contributed by atoms with Gasteiger partial charge in [0, 0.05) is 0 Å². The van der Waals surface area contributed by atoms with Crippen LogP contribution in [0.1, 0.15) is 11.7 Å². The normalized spacial score (nSPS) is 16.0. The van der Waals surface area contributed by atoms with Gasteiger partial charge in [-0.1, -0.05) is 11.6 Å². The number of halogens is 3. The SMILES string of the molecule is O=C(O)C(F)(F)C(O)c1cc(Cl)c2c(c1)OCCO2. The molecular weight excluding hydrogens is 286 g/mol. The number of carboxylic acid groups (broad SMARTS) is 1. The number of hydrogen-bond donors (Lipinski definition) is 2. The number of aliphatic carboxylic acids is 1. The molecule has 0 saturated carbocycles. The molecule has 0 aromatic heterocycles. The molecule has 2 rings (SSSR count). The van der Waals surface area contributed by atoms with E-state index in [-0.39, 0.29) is 35.3 Å². The number of rotatable bonds is 3. The molecule has 0 saturated heterocycles. The van der Waals surface area contributed by atoms with Crippen molar-refractivity contribution in [3.05, 3.63) is 22.7 Å². The molecule has 2 N–H and O–H groups in total. The highest BCUT2D eigenvalue weighted by atomic mass is 35.5. The predicted molar refractivity (Wildman–Crippen MR) is 60.0 cm³/mol. The minimum atomic E-state index is -4.33. The van der Waals surface area contributed by atoms with Crippen molar-refractivity contribution in [2.75, 3.05) is 13.2 Å². The van der Waals surface area contributed by atoms with E-state index < -0.39 is 18.0 Å². The molecule has 0 bridgehead atoms. The molecule has 5 nitrogen and oxygen atoms in total. The second-order valence-corrected chi connectivity index (χ2v) is 4.26. The van der Waals surface area contributed by atoms with Gasteiger partial charge in [0.2, 0.25) is 0 Å². The van der Waals surface area contributed by atoms with Crippen molar-refractivity contribution in [2.45, 2.75) is 12.0 Å².